The average molecular weight is 286 g/mol. The van der Waals surface area contributed by atoms with Crippen LogP contribution < -0.4 is 10.6 Å². The van der Waals surface area contributed by atoms with Crippen molar-refractivity contribution < 1.29 is 4.79 Å². The fourth-order valence-electron chi connectivity index (χ4n) is 2.72. The molecule has 2 heterocycles. The number of nitrogens with zero attached hydrogens (tertiary/aromatic N) is 1. The van der Waals surface area contributed by atoms with Crippen molar-refractivity contribution in [2.75, 3.05) is 17.2 Å². The Hall–Kier alpha value is -1.81. The number of nitrogens with two attached hydrogens (primary N) is 1. The number of carbonyl (C=O) groups excluding carboxylic acids is 1. The normalized spacial score (nSPS) is 13.5. The van der Waals surface area contributed by atoms with E-state index in [-0.39, 0.29) is 5.91 Å². The Morgan fingerprint density at radius 2 is 2.20 bits per heavy atom. The molecule has 0 unspecified atom stereocenters. The summed E-state index contributed by atoms with van der Waals surface area (Å²) < 4.78 is 0. The van der Waals surface area contributed by atoms with Crippen molar-refractivity contribution in [2.45, 2.75) is 25.7 Å². The van der Waals surface area contributed by atoms with Crippen LogP contribution in [0.15, 0.2) is 35.7 Å². The van der Waals surface area contributed by atoms with Crippen molar-refractivity contribution in [3.8, 4) is 0 Å². The molecule has 1 amide bonds. The zero-order valence-electron chi connectivity index (χ0n) is 11.3. The van der Waals surface area contributed by atoms with Crippen LogP contribution in [0.3, 0.4) is 0 Å². The van der Waals surface area contributed by atoms with Crippen LogP contribution in [0.4, 0.5) is 11.4 Å². The highest BCUT2D eigenvalue weighted by atomic mass is 32.1. The monoisotopic (exact) mass is 286 g/mol. The minimum atomic E-state index is 0.214. The minimum Gasteiger partial charge on any atom is -0.398 e. The number of hydrogen-bond donors (Lipinski definition) is 1. The number of nitrogen functional groups attached to an aromatic ring is 1. The van der Waals surface area contributed by atoms with Crippen LogP contribution in [-0.2, 0) is 17.6 Å². The summed E-state index contributed by atoms with van der Waals surface area (Å²) in [5.41, 5.74) is 8.89. The summed E-state index contributed by atoms with van der Waals surface area (Å²) >= 11 is 1.76. The van der Waals surface area contributed by atoms with Crippen LogP contribution in [0.2, 0.25) is 0 Å². The zero-order valence-corrected chi connectivity index (χ0v) is 12.2. The first-order valence-corrected chi connectivity index (χ1v) is 7.84. The van der Waals surface area contributed by atoms with E-state index in [0.29, 0.717) is 6.42 Å². The van der Waals surface area contributed by atoms with Gasteiger partial charge in [-0.3, -0.25) is 4.79 Å². The topological polar surface area (TPSA) is 46.3 Å². The van der Waals surface area contributed by atoms with Gasteiger partial charge in [0.25, 0.3) is 0 Å². The fourth-order valence-corrected chi connectivity index (χ4v) is 3.48. The lowest BCUT2D eigenvalue weighted by molar-refractivity contribution is -0.118. The highest BCUT2D eigenvalue weighted by Gasteiger charge is 2.25. The molecular formula is C16H18N2OS. The Morgan fingerprint density at radius 3 is 3.00 bits per heavy atom. The lowest BCUT2D eigenvalue weighted by atomic mass is 10.1. The Kier molecular flexibility index (Phi) is 3.74. The quantitative estimate of drug-likeness (QED) is 0.877. The van der Waals surface area contributed by atoms with Gasteiger partial charge in [-0.15, -0.1) is 11.3 Å². The lowest BCUT2D eigenvalue weighted by Crippen LogP contribution is -2.28. The van der Waals surface area contributed by atoms with Gasteiger partial charge >= 0.3 is 0 Å². The molecule has 3 nitrogen and oxygen atoms in total. The van der Waals surface area contributed by atoms with E-state index in [4.69, 9.17) is 5.73 Å². The predicted molar refractivity (Wildman–Crippen MR) is 84.2 cm³/mol. The average Bonchev–Trinajstić information content (AvgIpc) is 3.08. The van der Waals surface area contributed by atoms with Crippen LogP contribution in [0.25, 0.3) is 0 Å². The summed E-state index contributed by atoms with van der Waals surface area (Å²) in [4.78, 5) is 15.6. The van der Waals surface area contributed by atoms with Gasteiger partial charge in [0, 0.05) is 34.8 Å². The largest absolute Gasteiger partial charge is 0.398 e. The molecule has 1 aromatic heterocycles. The number of amides is 1. The molecule has 104 valence electrons. The maximum Gasteiger partial charge on any atom is 0.227 e. The van der Waals surface area contributed by atoms with E-state index in [1.54, 1.807) is 11.3 Å². The molecule has 20 heavy (non-hydrogen) atoms. The number of thiophene rings is 1. The zero-order chi connectivity index (χ0) is 13.9. The van der Waals surface area contributed by atoms with E-state index >= 15 is 0 Å². The molecule has 4 heteroatoms. The molecule has 0 saturated heterocycles. The summed E-state index contributed by atoms with van der Waals surface area (Å²) in [6, 6.07) is 10.0. The highest BCUT2D eigenvalue weighted by molar-refractivity contribution is 7.09. The first-order valence-electron chi connectivity index (χ1n) is 6.96. The Labute approximate surface area is 123 Å². The summed E-state index contributed by atoms with van der Waals surface area (Å²) in [7, 11) is 0. The summed E-state index contributed by atoms with van der Waals surface area (Å²) in [6.45, 7) is 0.765. The van der Waals surface area contributed by atoms with Crippen LogP contribution in [0, 0.1) is 0 Å². The Morgan fingerprint density at radius 1 is 1.30 bits per heavy atom. The second-order valence-electron chi connectivity index (χ2n) is 5.07. The van der Waals surface area contributed by atoms with Crippen molar-refractivity contribution in [1.29, 1.82) is 0 Å². The fraction of sp³-hybridized carbons (Fsp3) is 0.312. The van der Waals surface area contributed by atoms with E-state index in [2.05, 4.69) is 17.5 Å². The maximum absolute atomic E-state index is 12.3. The number of anilines is 2. The van der Waals surface area contributed by atoms with Gasteiger partial charge < -0.3 is 10.6 Å². The summed E-state index contributed by atoms with van der Waals surface area (Å²) in [6.07, 6.45) is 3.37. The molecule has 2 aromatic rings. The van der Waals surface area contributed by atoms with E-state index in [1.807, 2.05) is 23.1 Å². The van der Waals surface area contributed by atoms with Crippen LogP contribution in [0.1, 0.15) is 23.3 Å². The molecule has 3 rings (SSSR count). The number of fused-ring (bicyclic) bond motifs is 1. The second-order valence-corrected chi connectivity index (χ2v) is 6.11. The first kappa shape index (κ1) is 13.2. The molecule has 0 atom stereocenters. The van der Waals surface area contributed by atoms with E-state index in [1.165, 1.54) is 4.88 Å². The molecule has 0 bridgehead atoms. The number of benzene rings is 1. The standard InChI is InChI=1S/C16H18N2OS/c17-14-6-2-7-15-13(14)9-10-18(15)16(19)8-1-4-12-5-3-11-20-12/h2-3,5-7,11H,1,4,8-10,17H2. The van der Waals surface area contributed by atoms with Gasteiger partial charge in [0.2, 0.25) is 5.91 Å². The molecule has 0 spiro atoms. The van der Waals surface area contributed by atoms with Gasteiger partial charge in [0.15, 0.2) is 0 Å². The molecule has 0 fully saturated rings. The van der Waals surface area contributed by atoms with Gasteiger partial charge in [-0.2, -0.15) is 0 Å². The molecule has 1 aliphatic rings. The van der Waals surface area contributed by atoms with Gasteiger partial charge in [0.1, 0.15) is 0 Å². The van der Waals surface area contributed by atoms with Crippen molar-refractivity contribution in [1.82, 2.24) is 0 Å². The maximum atomic E-state index is 12.3. The van der Waals surface area contributed by atoms with Crippen molar-refractivity contribution in [2.24, 2.45) is 0 Å². The van der Waals surface area contributed by atoms with E-state index < -0.39 is 0 Å². The Bertz CT molecular complexity index is 607. The van der Waals surface area contributed by atoms with Gasteiger partial charge in [-0.1, -0.05) is 12.1 Å². The van der Waals surface area contributed by atoms with Crippen molar-refractivity contribution in [3.63, 3.8) is 0 Å². The van der Waals surface area contributed by atoms with Gasteiger partial charge in [-0.05, 0) is 42.8 Å². The van der Waals surface area contributed by atoms with Crippen molar-refractivity contribution >= 4 is 28.6 Å². The highest BCUT2D eigenvalue weighted by Crippen LogP contribution is 2.32. The number of aryl methyl sites for hydroxylation is 1. The van der Waals surface area contributed by atoms with Gasteiger partial charge in [0.05, 0.1) is 0 Å². The predicted octanol–water partition coefficient (Wildman–Crippen LogP) is 3.24. The number of hydrogen-bond acceptors (Lipinski definition) is 3. The summed E-state index contributed by atoms with van der Waals surface area (Å²) in [5, 5.41) is 2.08. The summed E-state index contributed by atoms with van der Waals surface area (Å²) in [5.74, 6) is 0.214. The molecule has 0 radical (unpaired) electrons. The molecule has 0 aliphatic carbocycles. The van der Waals surface area contributed by atoms with E-state index in [9.17, 15) is 4.79 Å². The molecule has 1 aromatic carbocycles. The van der Waals surface area contributed by atoms with Crippen LogP contribution in [0.5, 0.6) is 0 Å². The number of rotatable bonds is 4. The minimum absolute atomic E-state index is 0.214. The van der Waals surface area contributed by atoms with Crippen LogP contribution >= 0.6 is 11.3 Å². The smallest absolute Gasteiger partial charge is 0.227 e. The van der Waals surface area contributed by atoms with Crippen molar-refractivity contribution in [3.05, 3.63) is 46.2 Å². The second kappa shape index (κ2) is 5.67. The van der Waals surface area contributed by atoms with Crippen LogP contribution in [-0.4, -0.2) is 12.5 Å². The molecule has 1 aliphatic heterocycles. The Balaban J connectivity index is 1.61. The molecule has 2 N–H and O–H groups in total. The van der Waals surface area contributed by atoms with Gasteiger partial charge in [-0.25, -0.2) is 0 Å². The third-order valence-corrected chi connectivity index (χ3v) is 4.69. The molecule has 0 saturated carbocycles. The third-order valence-electron chi connectivity index (χ3n) is 3.76. The van der Waals surface area contributed by atoms with E-state index in [0.717, 1.165) is 42.7 Å². The SMILES string of the molecule is Nc1cccc2c1CCN2C(=O)CCCc1cccs1. The third kappa shape index (κ3) is 2.56. The lowest BCUT2D eigenvalue weighted by Gasteiger charge is -2.17. The first-order chi connectivity index (χ1) is 9.75. The number of carbonyl (C=O) groups is 1. The molecular weight excluding hydrogens is 268 g/mol.